The van der Waals surface area contributed by atoms with Crippen LogP contribution in [0.4, 0.5) is 10.1 Å². The number of rotatable bonds is 5. The van der Waals surface area contributed by atoms with Crippen molar-refractivity contribution < 1.29 is 9.18 Å². The molecule has 0 aliphatic carbocycles. The maximum atomic E-state index is 14.5. The summed E-state index contributed by atoms with van der Waals surface area (Å²) in [4.78, 5) is 30.2. The zero-order valence-electron chi connectivity index (χ0n) is 16.4. The molecule has 4 aromatic rings. The van der Waals surface area contributed by atoms with Crippen molar-refractivity contribution >= 4 is 45.9 Å². The maximum absolute atomic E-state index is 14.5. The molecule has 0 aliphatic rings. The number of carbonyl (C=O) groups is 1. The molecule has 1 heterocycles. The number of hydrogen-bond acceptors (Lipinski definition) is 4. The molecule has 0 bridgehead atoms. The van der Waals surface area contributed by atoms with Crippen molar-refractivity contribution in [2.75, 3.05) is 11.1 Å². The summed E-state index contributed by atoms with van der Waals surface area (Å²) < 4.78 is 15.7. The predicted molar refractivity (Wildman–Crippen MR) is 123 cm³/mol. The highest BCUT2D eigenvalue weighted by Gasteiger charge is 2.17. The first-order valence-corrected chi connectivity index (χ1v) is 10.8. The number of para-hydroxylation sites is 2. The van der Waals surface area contributed by atoms with Crippen LogP contribution in [0.25, 0.3) is 16.6 Å². The van der Waals surface area contributed by atoms with E-state index in [2.05, 4.69) is 10.3 Å². The van der Waals surface area contributed by atoms with Crippen LogP contribution < -0.4 is 10.9 Å². The average molecular weight is 454 g/mol. The molecule has 5 nitrogen and oxygen atoms in total. The Hall–Kier alpha value is -3.16. The molecular weight excluding hydrogens is 437 g/mol. The van der Waals surface area contributed by atoms with Crippen molar-refractivity contribution in [2.45, 2.75) is 12.1 Å². The zero-order valence-corrected chi connectivity index (χ0v) is 18.0. The summed E-state index contributed by atoms with van der Waals surface area (Å²) in [6.07, 6.45) is 0. The number of aromatic nitrogens is 2. The van der Waals surface area contributed by atoms with Gasteiger partial charge >= 0.3 is 0 Å². The first-order valence-electron chi connectivity index (χ1n) is 9.39. The normalized spacial score (nSPS) is 10.9. The van der Waals surface area contributed by atoms with E-state index >= 15 is 0 Å². The van der Waals surface area contributed by atoms with Crippen molar-refractivity contribution in [1.82, 2.24) is 9.55 Å². The van der Waals surface area contributed by atoms with Gasteiger partial charge in [0.15, 0.2) is 5.16 Å². The zero-order chi connectivity index (χ0) is 22.0. The predicted octanol–water partition coefficient (Wildman–Crippen LogP) is 5.22. The number of anilines is 1. The van der Waals surface area contributed by atoms with Crippen LogP contribution in [0.5, 0.6) is 0 Å². The fourth-order valence-corrected chi connectivity index (χ4v) is 4.08. The van der Waals surface area contributed by atoms with Gasteiger partial charge in [0.1, 0.15) is 5.82 Å². The Morgan fingerprint density at radius 3 is 2.68 bits per heavy atom. The Bertz CT molecular complexity index is 1360. The number of hydrogen-bond donors (Lipinski definition) is 1. The van der Waals surface area contributed by atoms with Gasteiger partial charge < -0.3 is 5.32 Å². The molecule has 0 radical (unpaired) electrons. The highest BCUT2D eigenvalue weighted by Crippen LogP contribution is 2.24. The monoisotopic (exact) mass is 453 g/mol. The lowest BCUT2D eigenvalue weighted by Gasteiger charge is -2.14. The number of nitrogens with one attached hydrogen (secondary N) is 1. The number of aryl methyl sites for hydroxylation is 1. The molecule has 0 saturated carbocycles. The minimum Gasteiger partial charge on any atom is -0.325 e. The van der Waals surface area contributed by atoms with E-state index in [0.29, 0.717) is 21.6 Å². The van der Waals surface area contributed by atoms with Crippen molar-refractivity contribution in [3.8, 4) is 5.69 Å². The average Bonchev–Trinajstić information content (AvgIpc) is 2.76. The summed E-state index contributed by atoms with van der Waals surface area (Å²) in [5.41, 5.74) is 1.64. The van der Waals surface area contributed by atoms with Crippen molar-refractivity contribution in [2.24, 2.45) is 0 Å². The van der Waals surface area contributed by atoms with Crippen LogP contribution in [-0.4, -0.2) is 21.2 Å². The Morgan fingerprint density at radius 1 is 1.13 bits per heavy atom. The van der Waals surface area contributed by atoms with Gasteiger partial charge in [-0.3, -0.25) is 14.2 Å². The Labute approximate surface area is 186 Å². The first kappa shape index (κ1) is 21.1. The standard InChI is InChI=1S/C23H17ClFN3O2S/c1-14-10-11-15(24)12-19(14)26-21(29)13-31-23-27-18-8-4-2-6-16(18)22(30)28(23)20-9-5-3-7-17(20)25/h2-12H,13H2,1H3,(H,26,29). The number of thioether (sulfide) groups is 1. The fraction of sp³-hybridized carbons (Fsp3) is 0.0870. The SMILES string of the molecule is Cc1ccc(Cl)cc1NC(=O)CSc1nc2ccccc2c(=O)n1-c1ccccc1F. The van der Waals surface area contributed by atoms with Gasteiger partial charge in [-0.1, -0.05) is 53.7 Å². The largest absolute Gasteiger partial charge is 0.325 e. The summed E-state index contributed by atoms with van der Waals surface area (Å²) in [6, 6.07) is 18.0. The third kappa shape index (κ3) is 4.47. The summed E-state index contributed by atoms with van der Waals surface area (Å²) in [6.45, 7) is 1.86. The van der Waals surface area contributed by atoms with E-state index in [1.165, 1.54) is 16.7 Å². The minimum absolute atomic E-state index is 0.0226. The molecule has 1 amide bonds. The van der Waals surface area contributed by atoms with Crippen molar-refractivity contribution in [1.29, 1.82) is 0 Å². The van der Waals surface area contributed by atoms with Gasteiger partial charge in [0, 0.05) is 10.7 Å². The topological polar surface area (TPSA) is 64.0 Å². The van der Waals surface area contributed by atoms with Crippen LogP contribution in [0.3, 0.4) is 0 Å². The Morgan fingerprint density at radius 2 is 1.87 bits per heavy atom. The number of carbonyl (C=O) groups excluding carboxylic acids is 1. The van der Waals surface area contributed by atoms with E-state index in [-0.39, 0.29) is 22.5 Å². The molecular formula is C23H17ClFN3O2S. The molecule has 0 fully saturated rings. The van der Waals surface area contributed by atoms with E-state index in [1.54, 1.807) is 48.5 Å². The number of benzene rings is 3. The van der Waals surface area contributed by atoms with Crippen LogP contribution in [0.15, 0.2) is 76.7 Å². The summed E-state index contributed by atoms with van der Waals surface area (Å²) >= 11 is 7.07. The Balaban J connectivity index is 1.69. The van der Waals surface area contributed by atoms with E-state index in [1.807, 2.05) is 13.0 Å². The van der Waals surface area contributed by atoms with Crippen LogP contribution >= 0.6 is 23.4 Å². The van der Waals surface area contributed by atoms with E-state index in [9.17, 15) is 14.0 Å². The number of nitrogens with zero attached hydrogens (tertiary/aromatic N) is 2. The molecule has 0 atom stereocenters. The van der Waals surface area contributed by atoms with Crippen molar-refractivity contribution in [3.63, 3.8) is 0 Å². The highest BCUT2D eigenvalue weighted by molar-refractivity contribution is 7.99. The molecule has 3 aromatic carbocycles. The molecule has 156 valence electrons. The second kappa shape index (κ2) is 8.91. The molecule has 0 aliphatic heterocycles. The lowest BCUT2D eigenvalue weighted by molar-refractivity contribution is -0.113. The first-order chi connectivity index (χ1) is 14.9. The minimum atomic E-state index is -0.553. The van der Waals surface area contributed by atoms with Crippen LogP contribution in [0.1, 0.15) is 5.56 Å². The van der Waals surface area contributed by atoms with E-state index < -0.39 is 11.4 Å². The third-order valence-electron chi connectivity index (χ3n) is 4.64. The third-order valence-corrected chi connectivity index (χ3v) is 5.82. The molecule has 1 aromatic heterocycles. The molecule has 0 unspecified atom stereocenters. The Kier molecular flexibility index (Phi) is 6.06. The van der Waals surface area contributed by atoms with Gasteiger partial charge in [0.25, 0.3) is 5.56 Å². The van der Waals surface area contributed by atoms with Gasteiger partial charge in [0.05, 0.1) is 22.3 Å². The summed E-state index contributed by atoms with van der Waals surface area (Å²) in [7, 11) is 0. The van der Waals surface area contributed by atoms with Gasteiger partial charge in [-0.2, -0.15) is 0 Å². The fourth-order valence-electron chi connectivity index (χ4n) is 3.10. The van der Waals surface area contributed by atoms with Gasteiger partial charge in [-0.05, 0) is 48.9 Å². The van der Waals surface area contributed by atoms with Crippen LogP contribution in [0, 0.1) is 12.7 Å². The lowest BCUT2D eigenvalue weighted by atomic mass is 10.2. The van der Waals surface area contributed by atoms with Gasteiger partial charge in [-0.15, -0.1) is 0 Å². The van der Waals surface area contributed by atoms with Gasteiger partial charge in [-0.25, -0.2) is 9.37 Å². The maximum Gasteiger partial charge on any atom is 0.266 e. The second-order valence-electron chi connectivity index (χ2n) is 6.80. The molecule has 31 heavy (non-hydrogen) atoms. The van der Waals surface area contributed by atoms with E-state index in [4.69, 9.17) is 11.6 Å². The smallest absolute Gasteiger partial charge is 0.266 e. The number of fused-ring (bicyclic) bond motifs is 1. The molecule has 0 saturated heterocycles. The molecule has 4 rings (SSSR count). The van der Waals surface area contributed by atoms with Crippen LogP contribution in [0.2, 0.25) is 5.02 Å². The second-order valence-corrected chi connectivity index (χ2v) is 8.18. The molecule has 0 spiro atoms. The lowest BCUT2D eigenvalue weighted by Crippen LogP contribution is -2.23. The number of halogens is 2. The van der Waals surface area contributed by atoms with Crippen LogP contribution in [-0.2, 0) is 4.79 Å². The quantitative estimate of drug-likeness (QED) is 0.332. The van der Waals surface area contributed by atoms with Gasteiger partial charge in [0.2, 0.25) is 5.91 Å². The molecule has 8 heteroatoms. The van der Waals surface area contributed by atoms with Crippen molar-refractivity contribution in [3.05, 3.63) is 93.5 Å². The summed E-state index contributed by atoms with van der Waals surface area (Å²) in [5, 5.41) is 3.92. The molecule has 1 N–H and O–H groups in total. The summed E-state index contributed by atoms with van der Waals surface area (Å²) in [5.74, 6) is -0.869. The highest BCUT2D eigenvalue weighted by atomic mass is 35.5. The van der Waals surface area contributed by atoms with E-state index in [0.717, 1.165) is 17.3 Å². The number of amides is 1.